The van der Waals surface area contributed by atoms with Gasteiger partial charge in [-0.15, -0.1) is 0 Å². The SMILES string of the molecule is CC(C)CCNC(=O)c1cc(NC(=O)CCC(C)C)cc(NC(=O)CCC(C)C)c1. The molecule has 0 atom stereocenters. The highest BCUT2D eigenvalue weighted by Crippen LogP contribution is 2.21. The van der Waals surface area contributed by atoms with Gasteiger partial charge in [0.15, 0.2) is 0 Å². The fraction of sp³-hybridized carbons (Fsp3) is 0.625. The van der Waals surface area contributed by atoms with Crippen LogP contribution in [-0.4, -0.2) is 24.3 Å². The zero-order valence-electron chi connectivity index (χ0n) is 19.4. The van der Waals surface area contributed by atoms with Crippen molar-refractivity contribution in [1.82, 2.24) is 5.32 Å². The van der Waals surface area contributed by atoms with Crippen molar-refractivity contribution < 1.29 is 14.4 Å². The van der Waals surface area contributed by atoms with E-state index in [1.165, 1.54) is 0 Å². The molecular formula is C24H39N3O3. The van der Waals surface area contributed by atoms with Gasteiger partial charge in [-0.1, -0.05) is 41.5 Å². The van der Waals surface area contributed by atoms with Crippen molar-refractivity contribution in [2.45, 2.75) is 73.6 Å². The number of rotatable bonds is 12. The van der Waals surface area contributed by atoms with Crippen LogP contribution in [0.3, 0.4) is 0 Å². The molecular weight excluding hydrogens is 378 g/mol. The topological polar surface area (TPSA) is 87.3 Å². The molecule has 0 aliphatic carbocycles. The molecule has 0 fully saturated rings. The van der Waals surface area contributed by atoms with E-state index in [0.29, 0.717) is 54.1 Å². The third kappa shape index (κ3) is 11.0. The molecule has 0 saturated carbocycles. The summed E-state index contributed by atoms with van der Waals surface area (Å²) in [5.74, 6) is 0.949. The van der Waals surface area contributed by atoms with Crippen molar-refractivity contribution in [3.63, 3.8) is 0 Å². The molecule has 30 heavy (non-hydrogen) atoms. The van der Waals surface area contributed by atoms with Crippen LogP contribution < -0.4 is 16.0 Å². The molecule has 6 nitrogen and oxygen atoms in total. The second-order valence-electron chi connectivity index (χ2n) is 9.20. The zero-order chi connectivity index (χ0) is 22.7. The third-order valence-corrected chi connectivity index (χ3v) is 4.67. The highest BCUT2D eigenvalue weighted by atomic mass is 16.2. The normalized spacial score (nSPS) is 11.1. The minimum absolute atomic E-state index is 0.0989. The van der Waals surface area contributed by atoms with Gasteiger partial charge in [-0.25, -0.2) is 0 Å². The molecule has 1 rings (SSSR count). The molecule has 0 saturated heterocycles. The summed E-state index contributed by atoms with van der Waals surface area (Å²) in [7, 11) is 0. The number of carbonyl (C=O) groups excluding carboxylic acids is 3. The monoisotopic (exact) mass is 417 g/mol. The molecule has 0 bridgehead atoms. The van der Waals surface area contributed by atoms with Gasteiger partial charge in [-0.3, -0.25) is 14.4 Å². The van der Waals surface area contributed by atoms with E-state index in [4.69, 9.17) is 0 Å². The second-order valence-corrected chi connectivity index (χ2v) is 9.20. The zero-order valence-corrected chi connectivity index (χ0v) is 19.4. The summed E-state index contributed by atoms with van der Waals surface area (Å²) < 4.78 is 0. The van der Waals surface area contributed by atoms with Crippen molar-refractivity contribution in [1.29, 1.82) is 0 Å². The predicted molar refractivity (Wildman–Crippen MR) is 124 cm³/mol. The van der Waals surface area contributed by atoms with E-state index in [0.717, 1.165) is 19.3 Å². The van der Waals surface area contributed by atoms with Gasteiger partial charge < -0.3 is 16.0 Å². The van der Waals surface area contributed by atoms with Crippen LogP contribution in [0.25, 0.3) is 0 Å². The summed E-state index contributed by atoms with van der Waals surface area (Å²) in [6.07, 6.45) is 3.30. The van der Waals surface area contributed by atoms with E-state index in [1.807, 2.05) is 0 Å². The summed E-state index contributed by atoms with van der Waals surface area (Å²) in [5.41, 5.74) is 1.44. The number of benzene rings is 1. The lowest BCUT2D eigenvalue weighted by Crippen LogP contribution is -2.26. The molecule has 0 spiro atoms. The first kappa shape index (κ1) is 25.7. The number of hydrogen-bond acceptors (Lipinski definition) is 3. The van der Waals surface area contributed by atoms with E-state index in [-0.39, 0.29) is 17.7 Å². The fourth-order valence-corrected chi connectivity index (χ4v) is 2.77. The van der Waals surface area contributed by atoms with E-state index in [9.17, 15) is 14.4 Å². The van der Waals surface area contributed by atoms with E-state index in [2.05, 4.69) is 57.5 Å². The number of anilines is 2. The quantitative estimate of drug-likeness (QED) is 0.436. The number of hydrogen-bond donors (Lipinski definition) is 3. The van der Waals surface area contributed by atoms with Gasteiger partial charge >= 0.3 is 0 Å². The van der Waals surface area contributed by atoms with Crippen LogP contribution in [0.4, 0.5) is 11.4 Å². The first-order chi connectivity index (χ1) is 14.1. The van der Waals surface area contributed by atoms with Crippen LogP contribution in [0.2, 0.25) is 0 Å². The largest absolute Gasteiger partial charge is 0.352 e. The average Bonchev–Trinajstić information content (AvgIpc) is 2.64. The Bertz CT molecular complexity index is 667. The van der Waals surface area contributed by atoms with Crippen LogP contribution in [-0.2, 0) is 9.59 Å². The Morgan fingerprint density at radius 2 is 1.13 bits per heavy atom. The molecule has 0 radical (unpaired) electrons. The maximum atomic E-state index is 12.6. The Morgan fingerprint density at radius 3 is 1.53 bits per heavy atom. The van der Waals surface area contributed by atoms with E-state index < -0.39 is 0 Å². The molecule has 0 aromatic heterocycles. The lowest BCUT2D eigenvalue weighted by Gasteiger charge is -2.13. The van der Waals surface area contributed by atoms with Gasteiger partial charge in [0.2, 0.25) is 11.8 Å². The van der Waals surface area contributed by atoms with Crippen molar-refractivity contribution in [3.05, 3.63) is 23.8 Å². The molecule has 3 N–H and O–H groups in total. The number of amides is 3. The van der Waals surface area contributed by atoms with Gasteiger partial charge in [0.25, 0.3) is 5.91 Å². The highest BCUT2D eigenvalue weighted by Gasteiger charge is 2.13. The molecule has 0 aliphatic rings. The van der Waals surface area contributed by atoms with Crippen molar-refractivity contribution in [3.8, 4) is 0 Å². The van der Waals surface area contributed by atoms with Crippen LogP contribution >= 0.6 is 0 Å². The number of nitrogens with one attached hydrogen (secondary N) is 3. The second kappa shape index (κ2) is 13.0. The molecule has 0 unspecified atom stereocenters. The first-order valence-corrected chi connectivity index (χ1v) is 11.1. The Hall–Kier alpha value is -2.37. The van der Waals surface area contributed by atoms with Gasteiger partial charge in [0.05, 0.1) is 0 Å². The van der Waals surface area contributed by atoms with Crippen molar-refractivity contribution in [2.75, 3.05) is 17.2 Å². The van der Waals surface area contributed by atoms with Gasteiger partial charge in [-0.05, 0) is 55.2 Å². The molecule has 0 heterocycles. The van der Waals surface area contributed by atoms with Gasteiger partial charge in [-0.2, -0.15) is 0 Å². The fourth-order valence-electron chi connectivity index (χ4n) is 2.77. The first-order valence-electron chi connectivity index (χ1n) is 11.1. The predicted octanol–water partition coefficient (Wildman–Crippen LogP) is 5.21. The van der Waals surface area contributed by atoms with Crippen LogP contribution in [0, 0.1) is 17.8 Å². The minimum Gasteiger partial charge on any atom is -0.352 e. The summed E-state index contributed by atoms with van der Waals surface area (Å²) in [5, 5.41) is 8.63. The summed E-state index contributed by atoms with van der Waals surface area (Å²) >= 11 is 0. The summed E-state index contributed by atoms with van der Waals surface area (Å²) in [4.78, 5) is 37.1. The van der Waals surface area contributed by atoms with E-state index in [1.54, 1.807) is 18.2 Å². The summed E-state index contributed by atoms with van der Waals surface area (Å²) in [6, 6.07) is 5.01. The molecule has 6 heteroatoms. The smallest absolute Gasteiger partial charge is 0.251 e. The van der Waals surface area contributed by atoms with Crippen LogP contribution in [0.1, 0.15) is 84.0 Å². The Balaban J connectivity index is 2.94. The highest BCUT2D eigenvalue weighted by molar-refractivity contribution is 6.00. The van der Waals surface area contributed by atoms with Crippen LogP contribution in [0.5, 0.6) is 0 Å². The maximum Gasteiger partial charge on any atom is 0.251 e. The van der Waals surface area contributed by atoms with Crippen LogP contribution in [0.15, 0.2) is 18.2 Å². The minimum atomic E-state index is -0.216. The lowest BCUT2D eigenvalue weighted by atomic mass is 10.1. The Morgan fingerprint density at radius 1 is 0.700 bits per heavy atom. The average molecular weight is 418 g/mol. The molecule has 1 aromatic carbocycles. The lowest BCUT2D eigenvalue weighted by molar-refractivity contribution is -0.117. The molecule has 168 valence electrons. The summed E-state index contributed by atoms with van der Waals surface area (Å²) in [6.45, 7) is 13.1. The van der Waals surface area contributed by atoms with Crippen molar-refractivity contribution >= 4 is 29.1 Å². The number of carbonyl (C=O) groups is 3. The standard InChI is InChI=1S/C24H39N3O3/c1-16(2)7-9-22(28)26-20-13-19(24(30)25-12-11-18(5)6)14-21(15-20)27-23(29)10-8-17(3)4/h13-18H,7-12H2,1-6H3,(H,25,30)(H,26,28)(H,27,29). The Kier molecular flexibility index (Phi) is 11.2. The Labute approximate surface area is 181 Å². The maximum absolute atomic E-state index is 12.6. The van der Waals surface area contributed by atoms with E-state index >= 15 is 0 Å². The van der Waals surface area contributed by atoms with Gasteiger partial charge in [0, 0.05) is 36.3 Å². The molecule has 0 aliphatic heterocycles. The third-order valence-electron chi connectivity index (χ3n) is 4.67. The van der Waals surface area contributed by atoms with Gasteiger partial charge in [0.1, 0.15) is 0 Å². The van der Waals surface area contributed by atoms with Crippen molar-refractivity contribution in [2.24, 2.45) is 17.8 Å². The molecule has 3 amide bonds. The molecule has 1 aromatic rings.